The minimum absolute atomic E-state index is 0.183. The summed E-state index contributed by atoms with van der Waals surface area (Å²) in [6.45, 7) is 2.14. The number of rotatable bonds is 5. The molecule has 0 aromatic heterocycles. The van der Waals surface area contributed by atoms with Crippen LogP contribution in [-0.4, -0.2) is 45.5 Å². The highest BCUT2D eigenvalue weighted by Crippen LogP contribution is 2.32. The first-order chi connectivity index (χ1) is 11.3. The number of carbonyl (C=O) groups excluding carboxylic acids is 1. The van der Waals surface area contributed by atoms with Crippen molar-refractivity contribution < 1.29 is 17.6 Å². The molecule has 0 bridgehead atoms. The molecule has 1 saturated carbocycles. The van der Waals surface area contributed by atoms with Gasteiger partial charge in [0.15, 0.2) is 0 Å². The number of anilines is 1. The zero-order valence-electron chi connectivity index (χ0n) is 13.8. The number of halogens is 1. The smallest absolute Gasteiger partial charge is 0.251 e. The third kappa shape index (κ3) is 3.71. The Kier molecular flexibility index (Phi) is 4.80. The van der Waals surface area contributed by atoms with Gasteiger partial charge in [-0.15, -0.1) is 0 Å². The predicted molar refractivity (Wildman–Crippen MR) is 91.5 cm³/mol. The lowest BCUT2D eigenvalue weighted by Crippen LogP contribution is -2.41. The Labute approximate surface area is 142 Å². The Morgan fingerprint density at radius 2 is 1.96 bits per heavy atom. The van der Waals surface area contributed by atoms with Crippen LogP contribution >= 0.6 is 0 Å². The summed E-state index contributed by atoms with van der Waals surface area (Å²) in [6, 6.07) is 4.59. The first kappa shape index (κ1) is 17.2. The fraction of sp³-hybridized carbons (Fsp3) is 0.588. The maximum Gasteiger partial charge on any atom is 0.251 e. The van der Waals surface area contributed by atoms with E-state index >= 15 is 0 Å². The summed E-state index contributed by atoms with van der Waals surface area (Å²) < 4.78 is 37.0. The molecule has 2 aliphatic rings. The molecule has 24 heavy (non-hydrogen) atoms. The van der Waals surface area contributed by atoms with Gasteiger partial charge in [0, 0.05) is 31.5 Å². The molecule has 0 spiro atoms. The molecule has 1 amide bonds. The number of hydrogen-bond acceptors (Lipinski definition) is 4. The van der Waals surface area contributed by atoms with E-state index in [4.69, 9.17) is 0 Å². The molecule has 1 aliphatic heterocycles. The Morgan fingerprint density at radius 3 is 2.54 bits per heavy atom. The molecule has 2 fully saturated rings. The van der Waals surface area contributed by atoms with E-state index in [0.717, 1.165) is 25.9 Å². The minimum atomic E-state index is -2.98. The van der Waals surface area contributed by atoms with Crippen molar-refractivity contribution in [2.45, 2.75) is 30.9 Å². The van der Waals surface area contributed by atoms with E-state index in [1.54, 1.807) is 12.1 Å². The molecule has 132 valence electrons. The van der Waals surface area contributed by atoms with Gasteiger partial charge >= 0.3 is 0 Å². The lowest BCUT2D eigenvalue weighted by molar-refractivity contribution is 0.0939. The van der Waals surface area contributed by atoms with Crippen molar-refractivity contribution in [2.24, 2.45) is 5.92 Å². The van der Waals surface area contributed by atoms with Crippen molar-refractivity contribution >= 4 is 21.4 Å². The summed E-state index contributed by atoms with van der Waals surface area (Å²) in [5.41, 5.74) is 0.855. The topological polar surface area (TPSA) is 66.5 Å². The Balaban J connectivity index is 1.53. The Bertz CT molecular complexity index is 723. The highest BCUT2D eigenvalue weighted by Gasteiger charge is 2.36. The van der Waals surface area contributed by atoms with E-state index in [2.05, 4.69) is 5.32 Å². The van der Waals surface area contributed by atoms with Gasteiger partial charge in [0.25, 0.3) is 5.91 Å². The zero-order chi connectivity index (χ0) is 17.3. The first-order valence-corrected chi connectivity index (χ1v) is 10.3. The maximum absolute atomic E-state index is 14.2. The number of carbonyl (C=O) groups is 1. The van der Waals surface area contributed by atoms with E-state index in [1.165, 1.54) is 12.3 Å². The van der Waals surface area contributed by atoms with Crippen molar-refractivity contribution in [1.82, 2.24) is 5.32 Å². The molecule has 3 rings (SSSR count). The molecule has 1 saturated heterocycles. The van der Waals surface area contributed by atoms with E-state index < -0.39 is 9.84 Å². The summed E-state index contributed by atoms with van der Waals surface area (Å²) >= 11 is 0. The molecule has 0 radical (unpaired) electrons. The van der Waals surface area contributed by atoms with Crippen molar-refractivity contribution in [3.8, 4) is 0 Å². The lowest BCUT2D eigenvalue weighted by Gasteiger charge is -2.33. The van der Waals surface area contributed by atoms with Gasteiger partial charge in [-0.3, -0.25) is 4.79 Å². The van der Waals surface area contributed by atoms with Gasteiger partial charge in [-0.2, -0.15) is 0 Å². The highest BCUT2D eigenvalue weighted by atomic mass is 32.2. The second-order valence-electron chi connectivity index (χ2n) is 6.86. The quantitative estimate of drug-likeness (QED) is 0.878. The van der Waals surface area contributed by atoms with E-state index in [1.807, 2.05) is 4.90 Å². The number of nitrogens with zero attached hydrogens (tertiary/aromatic N) is 1. The van der Waals surface area contributed by atoms with Gasteiger partial charge in [-0.25, -0.2) is 12.8 Å². The van der Waals surface area contributed by atoms with E-state index in [9.17, 15) is 17.6 Å². The van der Waals surface area contributed by atoms with E-state index in [-0.39, 0.29) is 22.9 Å². The molecule has 5 nitrogen and oxygen atoms in total. The van der Waals surface area contributed by atoms with Crippen LogP contribution < -0.4 is 10.2 Å². The Morgan fingerprint density at radius 1 is 1.29 bits per heavy atom. The van der Waals surface area contributed by atoms with Crippen molar-refractivity contribution in [3.63, 3.8) is 0 Å². The number of benzene rings is 1. The van der Waals surface area contributed by atoms with Gasteiger partial charge in [-0.1, -0.05) is 0 Å². The van der Waals surface area contributed by atoms with Crippen LogP contribution in [0.1, 0.15) is 36.0 Å². The monoisotopic (exact) mass is 354 g/mol. The van der Waals surface area contributed by atoms with Crippen LogP contribution in [-0.2, 0) is 9.84 Å². The van der Waals surface area contributed by atoms with Crippen LogP contribution in [0.25, 0.3) is 0 Å². The number of amides is 1. The molecule has 0 atom stereocenters. The predicted octanol–water partition coefficient (Wildman–Crippen LogP) is 1.98. The minimum Gasteiger partial charge on any atom is -0.369 e. The fourth-order valence-corrected chi connectivity index (χ4v) is 4.64. The second-order valence-corrected chi connectivity index (χ2v) is 9.19. The molecule has 7 heteroatoms. The number of sulfone groups is 1. The zero-order valence-corrected chi connectivity index (χ0v) is 14.6. The SMILES string of the molecule is CS(=O)(=O)C1CC(CNC(=O)c2ccc(N3CCCC3)c(F)c2)C1. The molecule has 1 aromatic carbocycles. The molecule has 1 heterocycles. The van der Waals surface area contributed by atoms with Crippen molar-refractivity contribution in [1.29, 1.82) is 0 Å². The molecular weight excluding hydrogens is 331 g/mol. The standard InChI is InChI=1S/C17H23FN2O3S/c1-24(22,23)14-8-12(9-14)11-19-17(21)13-4-5-16(15(18)10-13)20-6-2-3-7-20/h4-5,10,12,14H,2-3,6-9,11H2,1H3,(H,19,21). The van der Waals surface area contributed by atoms with E-state index in [0.29, 0.717) is 30.6 Å². The normalized spacial score (nSPS) is 23.8. The van der Waals surface area contributed by atoms with Crippen LogP contribution in [0.5, 0.6) is 0 Å². The molecular formula is C17H23FN2O3S. The molecule has 1 aliphatic carbocycles. The van der Waals surface area contributed by atoms with Gasteiger partial charge in [-0.05, 0) is 49.8 Å². The lowest BCUT2D eigenvalue weighted by atomic mass is 9.85. The second kappa shape index (κ2) is 6.70. The summed E-state index contributed by atoms with van der Waals surface area (Å²) in [5, 5.41) is 2.49. The van der Waals surface area contributed by atoms with Gasteiger partial charge < -0.3 is 10.2 Å². The summed E-state index contributed by atoms with van der Waals surface area (Å²) in [5.74, 6) is -0.502. The van der Waals surface area contributed by atoms with Gasteiger partial charge in [0.05, 0.1) is 10.9 Å². The average molecular weight is 354 g/mol. The molecule has 1 aromatic rings. The summed E-state index contributed by atoms with van der Waals surface area (Å²) in [7, 11) is -2.98. The van der Waals surface area contributed by atoms with Crippen LogP contribution in [0.3, 0.4) is 0 Å². The van der Waals surface area contributed by atoms with Crippen LogP contribution in [0.2, 0.25) is 0 Å². The number of hydrogen-bond donors (Lipinski definition) is 1. The van der Waals surface area contributed by atoms with Crippen LogP contribution in [0, 0.1) is 11.7 Å². The third-order valence-electron chi connectivity index (χ3n) is 5.01. The molecule has 0 unspecified atom stereocenters. The summed E-state index contributed by atoms with van der Waals surface area (Å²) in [6.07, 6.45) is 4.55. The first-order valence-electron chi connectivity index (χ1n) is 8.36. The fourth-order valence-electron chi connectivity index (χ4n) is 3.39. The maximum atomic E-state index is 14.2. The van der Waals surface area contributed by atoms with Gasteiger partial charge in [0.1, 0.15) is 15.7 Å². The van der Waals surface area contributed by atoms with Crippen LogP contribution in [0.15, 0.2) is 18.2 Å². The molecule has 1 N–H and O–H groups in total. The summed E-state index contributed by atoms with van der Waals surface area (Å²) in [4.78, 5) is 14.1. The van der Waals surface area contributed by atoms with Crippen molar-refractivity contribution in [3.05, 3.63) is 29.6 Å². The van der Waals surface area contributed by atoms with Crippen LogP contribution in [0.4, 0.5) is 10.1 Å². The Hall–Kier alpha value is -1.63. The largest absolute Gasteiger partial charge is 0.369 e. The number of nitrogens with one attached hydrogen (secondary N) is 1. The highest BCUT2D eigenvalue weighted by molar-refractivity contribution is 7.91. The van der Waals surface area contributed by atoms with Gasteiger partial charge in [0.2, 0.25) is 0 Å². The average Bonchev–Trinajstić information content (AvgIpc) is 2.97. The third-order valence-corrected chi connectivity index (χ3v) is 6.60. The van der Waals surface area contributed by atoms with Crippen molar-refractivity contribution in [2.75, 3.05) is 30.8 Å².